The molecule has 0 saturated carbocycles. The van der Waals surface area contributed by atoms with Crippen LogP contribution in [0.3, 0.4) is 0 Å². The molecular weight excluding hydrogens is 256 g/mol. The summed E-state index contributed by atoms with van der Waals surface area (Å²) < 4.78 is 31.6. The highest BCUT2D eigenvalue weighted by atomic mass is 19.1. The minimum absolute atomic E-state index is 0.208. The van der Waals surface area contributed by atoms with Gasteiger partial charge in [0.25, 0.3) is 5.91 Å². The number of aliphatic hydroxyl groups is 1. The fourth-order valence-corrected chi connectivity index (χ4v) is 1.57. The third-order valence-electron chi connectivity index (χ3n) is 2.52. The predicted octanol–water partition coefficient (Wildman–Crippen LogP) is 2.02. The molecule has 6 heteroatoms. The van der Waals surface area contributed by atoms with Gasteiger partial charge in [0.15, 0.2) is 0 Å². The Kier molecular flexibility index (Phi) is 3.91. The smallest absolute Gasteiger partial charge is 0.257 e. The van der Waals surface area contributed by atoms with Crippen LogP contribution in [0.2, 0.25) is 0 Å². The van der Waals surface area contributed by atoms with Gasteiger partial charge < -0.3 is 14.8 Å². The van der Waals surface area contributed by atoms with E-state index in [1.54, 1.807) is 6.07 Å². The maximum atomic E-state index is 13.3. The van der Waals surface area contributed by atoms with Gasteiger partial charge in [-0.25, -0.2) is 8.78 Å². The Labute approximate surface area is 107 Å². The molecule has 0 aliphatic rings. The van der Waals surface area contributed by atoms with Crippen LogP contribution in [-0.2, 0) is 0 Å². The minimum atomic E-state index is -1.08. The standard InChI is InChI=1S/C13H11F2NO3/c14-8-3-1-4-9(15)12(8)13(18)16-7-10(17)11-5-2-6-19-11/h1-6,10,17H,7H2,(H,16,18). The molecule has 0 saturated heterocycles. The highest BCUT2D eigenvalue weighted by Gasteiger charge is 2.18. The number of carbonyl (C=O) groups excluding carboxylic acids is 1. The fourth-order valence-electron chi connectivity index (χ4n) is 1.57. The second-order valence-electron chi connectivity index (χ2n) is 3.84. The number of aliphatic hydroxyl groups excluding tert-OH is 1. The second-order valence-corrected chi connectivity index (χ2v) is 3.84. The molecule has 1 unspecified atom stereocenters. The molecule has 4 nitrogen and oxygen atoms in total. The van der Waals surface area contributed by atoms with Gasteiger partial charge in [0.2, 0.25) is 0 Å². The molecule has 1 aromatic carbocycles. The first kappa shape index (κ1) is 13.2. The van der Waals surface area contributed by atoms with Crippen LogP contribution >= 0.6 is 0 Å². The molecule has 0 aliphatic heterocycles. The maximum absolute atomic E-state index is 13.3. The van der Waals surface area contributed by atoms with Gasteiger partial charge in [0.1, 0.15) is 29.1 Å². The van der Waals surface area contributed by atoms with Crippen molar-refractivity contribution in [3.05, 3.63) is 59.6 Å². The lowest BCUT2D eigenvalue weighted by Crippen LogP contribution is -2.29. The zero-order valence-electron chi connectivity index (χ0n) is 9.77. The van der Waals surface area contributed by atoms with Crippen molar-refractivity contribution in [1.82, 2.24) is 5.32 Å². The van der Waals surface area contributed by atoms with Gasteiger partial charge in [0, 0.05) is 0 Å². The number of hydrogen-bond acceptors (Lipinski definition) is 3. The zero-order valence-corrected chi connectivity index (χ0v) is 9.77. The third-order valence-corrected chi connectivity index (χ3v) is 2.52. The Morgan fingerprint density at radius 3 is 2.53 bits per heavy atom. The topological polar surface area (TPSA) is 62.5 Å². The van der Waals surface area contributed by atoms with E-state index in [1.807, 2.05) is 0 Å². The molecule has 0 bridgehead atoms. The summed E-state index contributed by atoms with van der Waals surface area (Å²) in [6, 6.07) is 6.25. The summed E-state index contributed by atoms with van der Waals surface area (Å²) in [5.41, 5.74) is -0.672. The van der Waals surface area contributed by atoms with E-state index in [-0.39, 0.29) is 12.3 Å². The molecule has 0 fully saturated rings. The van der Waals surface area contributed by atoms with Crippen molar-refractivity contribution >= 4 is 5.91 Å². The molecule has 1 heterocycles. The van der Waals surface area contributed by atoms with Crippen molar-refractivity contribution in [2.75, 3.05) is 6.54 Å². The van der Waals surface area contributed by atoms with Crippen LogP contribution in [0.4, 0.5) is 8.78 Å². The SMILES string of the molecule is O=C(NCC(O)c1ccco1)c1c(F)cccc1F. The van der Waals surface area contributed by atoms with Crippen LogP contribution in [0.1, 0.15) is 22.2 Å². The van der Waals surface area contributed by atoms with E-state index in [1.165, 1.54) is 18.4 Å². The number of halogens is 2. The molecule has 0 spiro atoms. The van der Waals surface area contributed by atoms with Crippen LogP contribution < -0.4 is 5.32 Å². The van der Waals surface area contributed by atoms with Crippen LogP contribution in [0.15, 0.2) is 41.0 Å². The predicted molar refractivity (Wildman–Crippen MR) is 62.4 cm³/mol. The summed E-state index contributed by atoms with van der Waals surface area (Å²) in [6.45, 7) is -0.208. The lowest BCUT2D eigenvalue weighted by atomic mass is 10.1. The van der Waals surface area contributed by atoms with Gasteiger partial charge in [-0.15, -0.1) is 0 Å². The monoisotopic (exact) mass is 267 g/mol. The fraction of sp³-hybridized carbons (Fsp3) is 0.154. The van der Waals surface area contributed by atoms with Crippen LogP contribution in [-0.4, -0.2) is 17.6 Å². The summed E-state index contributed by atoms with van der Waals surface area (Å²) in [7, 11) is 0. The van der Waals surface area contributed by atoms with Gasteiger partial charge >= 0.3 is 0 Å². The summed E-state index contributed by atoms with van der Waals surface area (Å²) >= 11 is 0. The lowest BCUT2D eigenvalue weighted by Gasteiger charge is -2.10. The molecule has 2 aromatic rings. The normalized spacial score (nSPS) is 12.2. The third kappa shape index (κ3) is 2.97. The van der Waals surface area contributed by atoms with Gasteiger partial charge in [-0.3, -0.25) is 4.79 Å². The highest BCUT2D eigenvalue weighted by molar-refractivity contribution is 5.94. The van der Waals surface area contributed by atoms with Crippen molar-refractivity contribution in [2.24, 2.45) is 0 Å². The van der Waals surface area contributed by atoms with Crippen molar-refractivity contribution in [3.8, 4) is 0 Å². The molecule has 0 aliphatic carbocycles. The Hall–Kier alpha value is -2.21. The quantitative estimate of drug-likeness (QED) is 0.890. The largest absolute Gasteiger partial charge is 0.467 e. The van der Waals surface area contributed by atoms with Crippen molar-refractivity contribution in [1.29, 1.82) is 0 Å². The summed E-state index contributed by atoms with van der Waals surface area (Å²) in [5, 5.41) is 11.9. The van der Waals surface area contributed by atoms with E-state index in [0.29, 0.717) is 0 Å². The van der Waals surface area contributed by atoms with Gasteiger partial charge in [-0.1, -0.05) is 6.07 Å². The Morgan fingerprint density at radius 2 is 1.95 bits per heavy atom. The molecule has 100 valence electrons. The van der Waals surface area contributed by atoms with Crippen molar-refractivity contribution in [2.45, 2.75) is 6.10 Å². The molecule has 0 radical (unpaired) electrons. The number of furan rings is 1. The first-order valence-electron chi connectivity index (χ1n) is 5.53. The van der Waals surface area contributed by atoms with E-state index in [4.69, 9.17) is 4.42 Å². The molecule has 2 rings (SSSR count). The Balaban J connectivity index is 2.02. The number of amides is 1. The average molecular weight is 267 g/mol. The molecule has 1 aromatic heterocycles. The highest BCUT2D eigenvalue weighted by Crippen LogP contribution is 2.14. The van der Waals surface area contributed by atoms with E-state index in [0.717, 1.165) is 12.1 Å². The first-order chi connectivity index (χ1) is 9.09. The number of benzene rings is 1. The number of carbonyl (C=O) groups is 1. The van der Waals surface area contributed by atoms with Crippen LogP contribution in [0.5, 0.6) is 0 Å². The summed E-state index contributed by atoms with van der Waals surface area (Å²) in [4.78, 5) is 11.6. The van der Waals surface area contributed by atoms with Crippen molar-refractivity contribution in [3.63, 3.8) is 0 Å². The number of hydrogen-bond donors (Lipinski definition) is 2. The van der Waals surface area contributed by atoms with E-state index in [9.17, 15) is 18.7 Å². The molecular formula is C13H11F2NO3. The van der Waals surface area contributed by atoms with E-state index >= 15 is 0 Å². The molecule has 19 heavy (non-hydrogen) atoms. The van der Waals surface area contributed by atoms with Gasteiger partial charge in [-0.2, -0.15) is 0 Å². The van der Waals surface area contributed by atoms with Crippen LogP contribution in [0, 0.1) is 11.6 Å². The average Bonchev–Trinajstić information content (AvgIpc) is 2.89. The van der Waals surface area contributed by atoms with Gasteiger partial charge in [-0.05, 0) is 24.3 Å². The van der Waals surface area contributed by atoms with Gasteiger partial charge in [0.05, 0.1) is 12.8 Å². The summed E-state index contributed by atoms with van der Waals surface area (Å²) in [6.07, 6.45) is 0.297. The summed E-state index contributed by atoms with van der Waals surface area (Å²) in [5.74, 6) is -2.58. The van der Waals surface area contributed by atoms with Crippen molar-refractivity contribution < 1.29 is 23.1 Å². The minimum Gasteiger partial charge on any atom is -0.467 e. The molecule has 1 atom stereocenters. The molecule has 2 N–H and O–H groups in total. The van der Waals surface area contributed by atoms with Crippen LogP contribution in [0.25, 0.3) is 0 Å². The number of rotatable bonds is 4. The Morgan fingerprint density at radius 1 is 1.26 bits per heavy atom. The lowest BCUT2D eigenvalue weighted by molar-refractivity contribution is 0.0893. The van der Waals surface area contributed by atoms with E-state index in [2.05, 4.69) is 5.32 Å². The number of nitrogens with one attached hydrogen (secondary N) is 1. The first-order valence-corrected chi connectivity index (χ1v) is 5.53. The Bertz CT molecular complexity index is 549. The maximum Gasteiger partial charge on any atom is 0.257 e. The zero-order chi connectivity index (χ0) is 13.8. The molecule has 1 amide bonds. The second kappa shape index (κ2) is 5.62. The van der Waals surface area contributed by atoms with E-state index < -0.39 is 29.2 Å².